The van der Waals surface area contributed by atoms with Gasteiger partial charge in [-0.15, -0.1) is 0 Å². The summed E-state index contributed by atoms with van der Waals surface area (Å²) in [7, 11) is -4.07. The summed E-state index contributed by atoms with van der Waals surface area (Å²) in [6, 6.07) is 21.2. The van der Waals surface area contributed by atoms with E-state index < -0.39 is 39.8 Å². The van der Waals surface area contributed by atoms with E-state index in [4.69, 9.17) is 9.47 Å². The molecule has 2 aromatic carbocycles. The average molecular weight is 663 g/mol. The first kappa shape index (κ1) is 35.2. The van der Waals surface area contributed by atoms with E-state index in [2.05, 4.69) is 9.97 Å². The molecule has 0 aliphatic heterocycles. The molecule has 0 radical (unpaired) electrons. The minimum absolute atomic E-state index is 0.000561. The van der Waals surface area contributed by atoms with Crippen molar-refractivity contribution >= 4 is 27.9 Å². The zero-order valence-corrected chi connectivity index (χ0v) is 28.1. The van der Waals surface area contributed by atoms with Crippen molar-refractivity contribution in [1.82, 2.24) is 14.3 Å². The highest BCUT2D eigenvalue weighted by molar-refractivity contribution is 7.89. The van der Waals surface area contributed by atoms with Crippen LogP contribution < -0.4 is 4.90 Å². The lowest BCUT2D eigenvalue weighted by Gasteiger charge is -2.28. The van der Waals surface area contributed by atoms with Crippen LogP contribution in [0.4, 0.5) is 15.0 Å². The van der Waals surface area contributed by atoms with Gasteiger partial charge in [-0.25, -0.2) is 22.6 Å². The van der Waals surface area contributed by atoms with Crippen LogP contribution in [-0.2, 0) is 37.4 Å². The van der Waals surface area contributed by atoms with E-state index in [9.17, 15) is 22.4 Å². The molecule has 12 heteroatoms. The lowest BCUT2D eigenvalue weighted by atomic mass is 10.0. The molecule has 0 unspecified atom stereocenters. The molecule has 2 heterocycles. The second kappa shape index (κ2) is 14.4. The Labute approximate surface area is 275 Å². The number of rotatable bonds is 10. The van der Waals surface area contributed by atoms with E-state index in [-0.39, 0.29) is 29.6 Å². The molecule has 1 amide bonds. The largest absolute Gasteiger partial charge is 0.459 e. The fourth-order valence-corrected chi connectivity index (χ4v) is 5.83. The fourth-order valence-electron chi connectivity index (χ4n) is 4.47. The summed E-state index contributed by atoms with van der Waals surface area (Å²) < 4.78 is 53.5. The van der Waals surface area contributed by atoms with Gasteiger partial charge in [0.05, 0.1) is 12.2 Å². The Hall–Kier alpha value is -4.68. The standard InChI is InChI=1S/C35H39FN4O6S/c1-34(2,3)45-32(41)24-40(33(42)46-35(4,5)6)31-11-7-9-29(38-31)23-39(47(43,44)30-10-8-20-37-21-30)22-25-12-14-26(15-13-25)27-16-18-28(36)19-17-27/h7-21H,22-24H2,1-6H3. The number of amides is 1. The quantitative estimate of drug-likeness (QED) is 0.171. The Morgan fingerprint density at radius 3 is 1.98 bits per heavy atom. The van der Waals surface area contributed by atoms with Gasteiger partial charge in [-0.2, -0.15) is 4.31 Å². The van der Waals surface area contributed by atoms with Crippen LogP contribution in [0.15, 0.2) is 96.2 Å². The van der Waals surface area contributed by atoms with E-state index >= 15 is 0 Å². The third-order valence-corrected chi connectivity index (χ3v) is 8.27. The number of hydrogen-bond acceptors (Lipinski definition) is 8. The zero-order valence-electron chi connectivity index (χ0n) is 27.3. The van der Waals surface area contributed by atoms with Gasteiger partial charge >= 0.3 is 12.1 Å². The van der Waals surface area contributed by atoms with Crippen molar-refractivity contribution < 1.29 is 31.9 Å². The van der Waals surface area contributed by atoms with Gasteiger partial charge in [0.1, 0.15) is 34.3 Å². The fraction of sp³-hybridized carbons (Fsp3) is 0.314. The van der Waals surface area contributed by atoms with Gasteiger partial charge < -0.3 is 9.47 Å². The molecule has 4 aromatic rings. The number of benzene rings is 2. The van der Waals surface area contributed by atoms with Crippen LogP contribution in [0.3, 0.4) is 0 Å². The first-order valence-electron chi connectivity index (χ1n) is 14.9. The number of pyridine rings is 2. The molecule has 0 atom stereocenters. The number of anilines is 1. The minimum atomic E-state index is -4.07. The smallest absolute Gasteiger partial charge is 0.416 e. The van der Waals surface area contributed by atoms with Crippen molar-refractivity contribution in [3.05, 3.63) is 108 Å². The highest BCUT2D eigenvalue weighted by Gasteiger charge is 2.30. The van der Waals surface area contributed by atoms with Gasteiger partial charge in [0.15, 0.2) is 0 Å². The number of carbonyl (C=O) groups is 2. The predicted molar refractivity (Wildman–Crippen MR) is 176 cm³/mol. The van der Waals surface area contributed by atoms with Gasteiger partial charge in [0.2, 0.25) is 10.0 Å². The van der Waals surface area contributed by atoms with Crippen LogP contribution in [0.25, 0.3) is 11.1 Å². The topological polar surface area (TPSA) is 119 Å². The van der Waals surface area contributed by atoms with E-state index in [1.165, 1.54) is 47.0 Å². The SMILES string of the molecule is CC(C)(C)OC(=O)CN(C(=O)OC(C)(C)C)c1cccc(CN(Cc2ccc(-c3ccc(F)cc3)cc2)S(=O)(=O)c2cccnc2)n1. The monoisotopic (exact) mass is 662 g/mol. The van der Waals surface area contributed by atoms with Gasteiger partial charge in [-0.3, -0.25) is 14.7 Å². The molecule has 0 fully saturated rings. The van der Waals surface area contributed by atoms with Gasteiger partial charge in [-0.05, 0) is 94.6 Å². The normalized spacial score (nSPS) is 12.1. The molecule has 0 bridgehead atoms. The van der Waals surface area contributed by atoms with E-state index in [0.29, 0.717) is 11.3 Å². The van der Waals surface area contributed by atoms with Crippen molar-refractivity contribution in [3.8, 4) is 11.1 Å². The molecule has 4 rings (SSSR count). The van der Waals surface area contributed by atoms with Crippen LogP contribution in [0.1, 0.15) is 52.8 Å². The maximum absolute atomic E-state index is 13.9. The number of esters is 1. The maximum Gasteiger partial charge on any atom is 0.416 e. The number of nitrogens with zero attached hydrogens (tertiary/aromatic N) is 4. The van der Waals surface area contributed by atoms with Crippen molar-refractivity contribution in [2.24, 2.45) is 0 Å². The summed E-state index contributed by atoms with van der Waals surface area (Å²) in [5, 5.41) is 0. The summed E-state index contributed by atoms with van der Waals surface area (Å²) in [6.07, 6.45) is 1.95. The number of hydrogen-bond donors (Lipinski definition) is 0. The molecule has 10 nitrogen and oxygen atoms in total. The third kappa shape index (κ3) is 10.2. The molecule has 0 spiro atoms. The van der Waals surface area contributed by atoms with Crippen molar-refractivity contribution in [3.63, 3.8) is 0 Å². The van der Waals surface area contributed by atoms with Crippen LogP contribution in [-0.4, -0.2) is 52.5 Å². The Balaban J connectivity index is 1.67. The molecule has 248 valence electrons. The number of ether oxygens (including phenoxy) is 2. The number of sulfonamides is 1. The molecule has 0 aliphatic rings. The molecule has 0 saturated heterocycles. The summed E-state index contributed by atoms with van der Waals surface area (Å²) in [6.45, 7) is 9.61. The Morgan fingerprint density at radius 2 is 1.40 bits per heavy atom. The molecule has 0 aliphatic carbocycles. The Morgan fingerprint density at radius 1 is 0.787 bits per heavy atom. The first-order chi connectivity index (χ1) is 22.0. The van der Waals surface area contributed by atoms with E-state index in [1.54, 1.807) is 77.9 Å². The molecule has 47 heavy (non-hydrogen) atoms. The van der Waals surface area contributed by atoms with Crippen molar-refractivity contribution in [2.45, 2.75) is 70.7 Å². The van der Waals surface area contributed by atoms with Gasteiger partial charge in [0, 0.05) is 18.9 Å². The minimum Gasteiger partial charge on any atom is -0.459 e. The molecule has 2 aromatic heterocycles. The van der Waals surface area contributed by atoms with Crippen LogP contribution in [0, 0.1) is 5.82 Å². The van der Waals surface area contributed by atoms with Crippen molar-refractivity contribution in [1.29, 1.82) is 0 Å². The van der Waals surface area contributed by atoms with E-state index in [1.807, 2.05) is 12.1 Å². The molecule has 0 saturated carbocycles. The average Bonchev–Trinajstić information content (AvgIpc) is 2.99. The zero-order chi connectivity index (χ0) is 34.4. The van der Waals surface area contributed by atoms with Crippen LogP contribution in [0.5, 0.6) is 0 Å². The molecular formula is C35H39FN4O6S. The van der Waals surface area contributed by atoms with Crippen LogP contribution in [0.2, 0.25) is 0 Å². The first-order valence-corrected chi connectivity index (χ1v) is 16.4. The summed E-state index contributed by atoms with van der Waals surface area (Å²) in [4.78, 5) is 35.7. The number of halogens is 1. The maximum atomic E-state index is 13.9. The Kier molecular flexibility index (Phi) is 10.8. The lowest BCUT2D eigenvalue weighted by molar-refractivity contribution is -0.153. The highest BCUT2D eigenvalue weighted by Crippen LogP contribution is 2.25. The third-order valence-electron chi connectivity index (χ3n) is 6.49. The second-order valence-corrected chi connectivity index (χ2v) is 14.7. The summed E-state index contributed by atoms with van der Waals surface area (Å²) in [5.41, 5.74) is 1.03. The summed E-state index contributed by atoms with van der Waals surface area (Å²) >= 11 is 0. The predicted octanol–water partition coefficient (Wildman–Crippen LogP) is 6.76. The lowest BCUT2D eigenvalue weighted by Crippen LogP contribution is -2.42. The van der Waals surface area contributed by atoms with Gasteiger partial charge in [0.25, 0.3) is 0 Å². The number of aromatic nitrogens is 2. The number of carbonyl (C=O) groups excluding carboxylic acids is 2. The van der Waals surface area contributed by atoms with Gasteiger partial charge in [-0.1, -0.05) is 42.5 Å². The molecule has 0 N–H and O–H groups in total. The highest BCUT2D eigenvalue weighted by atomic mass is 32.2. The Bertz CT molecular complexity index is 1790. The van der Waals surface area contributed by atoms with Crippen molar-refractivity contribution in [2.75, 3.05) is 11.4 Å². The summed E-state index contributed by atoms with van der Waals surface area (Å²) in [5.74, 6) is -0.913. The second-order valence-electron chi connectivity index (χ2n) is 12.8. The van der Waals surface area contributed by atoms with Crippen LogP contribution >= 0.6 is 0 Å². The molecular weight excluding hydrogens is 623 g/mol. The van der Waals surface area contributed by atoms with E-state index in [0.717, 1.165) is 16.0 Å².